The van der Waals surface area contributed by atoms with Crippen LogP contribution in [0.3, 0.4) is 0 Å². The molecule has 0 aromatic carbocycles. The highest BCUT2D eigenvalue weighted by Crippen LogP contribution is 2.33. The highest BCUT2D eigenvalue weighted by molar-refractivity contribution is 5.94. The predicted octanol–water partition coefficient (Wildman–Crippen LogP) is 1.06. The molecule has 0 radical (unpaired) electrons. The summed E-state index contributed by atoms with van der Waals surface area (Å²) in [6.45, 7) is 0. The zero-order valence-corrected chi connectivity index (χ0v) is 9.30. The van der Waals surface area contributed by atoms with Crippen molar-refractivity contribution in [3.8, 4) is 0 Å². The number of aromatic nitrogens is 1. The second kappa shape index (κ2) is 4.95. The van der Waals surface area contributed by atoms with E-state index in [2.05, 4.69) is 10.3 Å². The van der Waals surface area contributed by atoms with Gasteiger partial charge in [0.25, 0.3) is 5.91 Å². The van der Waals surface area contributed by atoms with E-state index in [-0.39, 0.29) is 5.69 Å². The number of amides is 1. The first-order valence-electron chi connectivity index (χ1n) is 5.61. The maximum Gasteiger partial charge on any atom is 0.326 e. The zero-order chi connectivity index (χ0) is 12.3. The van der Waals surface area contributed by atoms with Gasteiger partial charge < -0.3 is 10.4 Å². The summed E-state index contributed by atoms with van der Waals surface area (Å²) in [4.78, 5) is 26.6. The number of carbonyl (C=O) groups is 2. The standard InChI is InChI=1S/C12H14N2O3/c15-11(9-3-1-2-6-13-9)14-10(12(16)17)7-8-4-5-8/h1-3,6,8,10H,4-5,7H2,(H,14,15)(H,16,17)/t10-/m1/s1. The van der Waals surface area contributed by atoms with E-state index in [1.54, 1.807) is 18.2 Å². The average Bonchev–Trinajstić information content (AvgIpc) is 3.13. The molecule has 1 atom stereocenters. The fraction of sp³-hybridized carbons (Fsp3) is 0.417. The van der Waals surface area contributed by atoms with E-state index in [4.69, 9.17) is 5.11 Å². The molecule has 17 heavy (non-hydrogen) atoms. The Kier molecular flexibility index (Phi) is 3.37. The van der Waals surface area contributed by atoms with Gasteiger partial charge in [0.15, 0.2) is 0 Å². The number of nitrogens with zero attached hydrogens (tertiary/aromatic N) is 1. The van der Waals surface area contributed by atoms with E-state index in [9.17, 15) is 9.59 Å². The zero-order valence-electron chi connectivity index (χ0n) is 9.30. The predicted molar refractivity (Wildman–Crippen MR) is 60.5 cm³/mol. The Morgan fingerprint density at radius 3 is 2.76 bits per heavy atom. The fourth-order valence-electron chi connectivity index (χ4n) is 1.64. The van der Waals surface area contributed by atoms with Gasteiger partial charge in [-0.15, -0.1) is 0 Å². The molecule has 5 nitrogen and oxygen atoms in total. The van der Waals surface area contributed by atoms with Gasteiger partial charge in [0, 0.05) is 6.20 Å². The molecule has 0 unspecified atom stereocenters. The van der Waals surface area contributed by atoms with Crippen molar-refractivity contribution in [3.63, 3.8) is 0 Å². The molecule has 1 aromatic rings. The van der Waals surface area contributed by atoms with Crippen LogP contribution in [0.15, 0.2) is 24.4 Å². The maximum atomic E-state index is 11.7. The molecule has 1 aromatic heterocycles. The largest absolute Gasteiger partial charge is 0.480 e. The minimum absolute atomic E-state index is 0.245. The molecule has 5 heteroatoms. The molecule has 90 valence electrons. The fourth-order valence-corrected chi connectivity index (χ4v) is 1.64. The lowest BCUT2D eigenvalue weighted by atomic mass is 10.1. The summed E-state index contributed by atoms with van der Waals surface area (Å²) in [5.41, 5.74) is 0.245. The first kappa shape index (κ1) is 11.6. The van der Waals surface area contributed by atoms with Crippen LogP contribution in [0.1, 0.15) is 29.8 Å². The molecule has 0 bridgehead atoms. The van der Waals surface area contributed by atoms with Crippen LogP contribution in [0, 0.1) is 5.92 Å². The second-order valence-electron chi connectivity index (χ2n) is 4.26. The third-order valence-electron chi connectivity index (χ3n) is 2.77. The Labute approximate surface area is 98.9 Å². The van der Waals surface area contributed by atoms with Gasteiger partial charge >= 0.3 is 5.97 Å². The van der Waals surface area contributed by atoms with E-state index in [1.165, 1.54) is 6.20 Å². The lowest BCUT2D eigenvalue weighted by molar-refractivity contribution is -0.139. The summed E-state index contributed by atoms with van der Waals surface area (Å²) in [6, 6.07) is 4.15. The Bertz CT molecular complexity index is 415. The smallest absolute Gasteiger partial charge is 0.326 e. The van der Waals surface area contributed by atoms with E-state index in [1.807, 2.05) is 0 Å². The molecular formula is C12H14N2O3. The summed E-state index contributed by atoms with van der Waals surface area (Å²) in [5.74, 6) is -0.972. The number of carbonyl (C=O) groups excluding carboxylic acids is 1. The van der Waals surface area contributed by atoms with Crippen LogP contribution in [-0.4, -0.2) is 28.0 Å². The number of hydrogen-bond acceptors (Lipinski definition) is 3. The van der Waals surface area contributed by atoms with Gasteiger partial charge in [-0.25, -0.2) is 4.79 Å². The molecule has 1 saturated carbocycles. The highest BCUT2D eigenvalue weighted by atomic mass is 16.4. The number of carboxylic acid groups (broad SMARTS) is 1. The van der Waals surface area contributed by atoms with Gasteiger partial charge in [-0.3, -0.25) is 9.78 Å². The number of pyridine rings is 1. The van der Waals surface area contributed by atoms with Crippen molar-refractivity contribution < 1.29 is 14.7 Å². The van der Waals surface area contributed by atoms with E-state index < -0.39 is 17.9 Å². The molecule has 1 heterocycles. The van der Waals surface area contributed by atoms with E-state index in [0.717, 1.165) is 12.8 Å². The molecule has 1 fully saturated rings. The quantitative estimate of drug-likeness (QED) is 0.798. The van der Waals surface area contributed by atoms with Gasteiger partial charge in [-0.05, 0) is 24.5 Å². The Balaban J connectivity index is 1.97. The Hall–Kier alpha value is -1.91. The molecular weight excluding hydrogens is 220 g/mol. The lowest BCUT2D eigenvalue weighted by Gasteiger charge is -2.13. The number of aliphatic carboxylic acids is 1. The second-order valence-corrected chi connectivity index (χ2v) is 4.26. The third kappa shape index (κ3) is 3.27. The maximum absolute atomic E-state index is 11.7. The van der Waals surface area contributed by atoms with Crippen molar-refractivity contribution in [2.45, 2.75) is 25.3 Å². The van der Waals surface area contributed by atoms with Gasteiger partial charge in [0.05, 0.1) is 0 Å². The number of nitrogens with one attached hydrogen (secondary N) is 1. The molecule has 1 aliphatic carbocycles. The summed E-state index contributed by atoms with van der Waals surface area (Å²) >= 11 is 0. The molecule has 2 rings (SSSR count). The van der Waals surface area contributed by atoms with Crippen LogP contribution < -0.4 is 5.32 Å². The van der Waals surface area contributed by atoms with Gasteiger partial charge in [0.2, 0.25) is 0 Å². The Morgan fingerprint density at radius 2 is 2.24 bits per heavy atom. The number of hydrogen-bond donors (Lipinski definition) is 2. The number of carboxylic acids is 1. The van der Waals surface area contributed by atoms with Crippen LogP contribution in [0.4, 0.5) is 0 Å². The van der Waals surface area contributed by atoms with Gasteiger partial charge in [-0.1, -0.05) is 18.9 Å². The summed E-state index contributed by atoms with van der Waals surface area (Å²) in [6.07, 6.45) is 4.13. The topological polar surface area (TPSA) is 79.3 Å². The molecule has 0 spiro atoms. The van der Waals surface area contributed by atoms with Gasteiger partial charge in [-0.2, -0.15) is 0 Å². The van der Waals surface area contributed by atoms with Crippen LogP contribution in [0.2, 0.25) is 0 Å². The van der Waals surface area contributed by atoms with Crippen LogP contribution in [0.5, 0.6) is 0 Å². The monoisotopic (exact) mass is 234 g/mol. The summed E-state index contributed by atoms with van der Waals surface area (Å²) < 4.78 is 0. The van der Waals surface area contributed by atoms with Crippen LogP contribution in [0.25, 0.3) is 0 Å². The normalized spacial score (nSPS) is 16.2. The lowest BCUT2D eigenvalue weighted by Crippen LogP contribution is -2.41. The van der Waals surface area contributed by atoms with Crippen molar-refractivity contribution in [2.24, 2.45) is 5.92 Å². The summed E-state index contributed by atoms with van der Waals surface area (Å²) in [5, 5.41) is 11.5. The van der Waals surface area contributed by atoms with Crippen LogP contribution in [-0.2, 0) is 4.79 Å². The first-order chi connectivity index (χ1) is 8.16. The van der Waals surface area contributed by atoms with Crippen molar-refractivity contribution in [1.82, 2.24) is 10.3 Å². The van der Waals surface area contributed by atoms with Crippen molar-refractivity contribution >= 4 is 11.9 Å². The summed E-state index contributed by atoms with van der Waals surface area (Å²) in [7, 11) is 0. The molecule has 1 aliphatic rings. The Morgan fingerprint density at radius 1 is 1.47 bits per heavy atom. The van der Waals surface area contributed by atoms with E-state index in [0.29, 0.717) is 12.3 Å². The van der Waals surface area contributed by atoms with Gasteiger partial charge in [0.1, 0.15) is 11.7 Å². The minimum Gasteiger partial charge on any atom is -0.480 e. The molecule has 0 aliphatic heterocycles. The van der Waals surface area contributed by atoms with Crippen LogP contribution >= 0.6 is 0 Å². The molecule has 1 amide bonds. The van der Waals surface area contributed by atoms with Crippen molar-refractivity contribution in [3.05, 3.63) is 30.1 Å². The molecule has 2 N–H and O–H groups in total. The SMILES string of the molecule is O=C(N[C@H](CC1CC1)C(=O)O)c1ccccn1. The van der Waals surface area contributed by atoms with Crippen molar-refractivity contribution in [1.29, 1.82) is 0 Å². The average molecular weight is 234 g/mol. The number of rotatable bonds is 5. The molecule has 0 saturated heterocycles. The van der Waals surface area contributed by atoms with E-state index >= 15 is 0 Å². The minimum atomic E-state index is -0.985. The first-order valence-corrected chi connectivity index (χ1v) is 5.61. The van der Waals surface area contributed by atoms with Crippen molar-refractivity contribution in [2.75, 3.05) is 0 Å². The highest BCUT2D eigenvalue weighted by Gasteiger charge is 2.30. The third-order valence-corrected chi connectivity index (χ3v) is 2.77.